The van der Waals surface area contributed by atoms with Gasteiger partial charge in [0.25, 0.3) is 0 Å². The second kappa shape index (κ2) is 6.31. The maximum Gasteiger partial charge on any atom is 0.237 e. The molecule has 94 valence electrons. The van der Waals surface area contributed by atoms with Crippen LogP contribution in [0.25, 0.3) is 0 Å². The Morgan fingerprint density at radius 2 is 2.39 bits per heavy atom. The van der Waals surface area contributed by atoms with Crippen LogP contribution in [0.5, 0.6) is 0 Å². The zero-order chi connectivity index (χ0) is 13.0. The minimum atomic E-state index is -0.211. The Balaban J connectivity index is 1.95. The van der Waals surface area contributed by atoms with E-state index in [4.69, 9.17) is 0 Å². The fourth-order valence-electron chi connectivity index (χ4n) is 1.23. The number of rotatable bonds is 4. The Kier molecular flexibility index (Phi) is 4.73. The van der Waals surface area contributed by atoms with E-state index in [-0.39, 0.29) is 11.2 Å². The molecule has 1 heterocycles. The fourth-order valence-corrected chi connectivity index (χ4v) is 3.25. The molecule has 0 aliphatic carbocycles. The van der Waals surface area contributed by atoms with E-state index in [9.17, 15) is 4.79 Å². The molecule has 18 heavy (non-hydrogen) atoms. The largest absolute Gasteiger partial charge is 0.325 e. The van der Waals surface area contributed by atoms with E-state index >= 15 is 0 Å². The van der Waals surface area contributed by atoms with Gasteiger partial charge in [0.2, 0.25) is 5.91 Å². The van der Waals surface area contributed by atoms with Gasteiger partial charge in [0.1, 0.15) is 5.51 Å². The smallest absolute Gasteiger partial charge is 0.237 e. The first kappa shape index (κ1) is 13.5. The van der Waals surface area contributed by atoms with Gasteiger partial charge < -0.3 is 5.32 Å². The third-order valence-corrected chi connectivity index (χ3v) is 4.48. The van der Waals surface area contributed by atoms with Crippen LogP contribution in [-0.2, 0) is 4.79 Å². The van der Waals surface area contributed by atoms with Gasteiger partial charge in [-0.25, -0.2) is 0 Å². The molecule has 0 aliphatic heterocycles. The molecule has 1 amide bonds. The first-order valence-corrected chi connectivity index (χ1v) is 7.69. The van der Waals surface area contributed by atoms with Gasteiger partial charge in [-0.3, -0.25) is 4.79 Å². The Labute approximate surface area is 121 Å². The quantitative estimate of drug-likeness (QED) is 0.864. The molecule has 7 heteroatoms. The minimum Gasteiger partial charge on any atom is -0.325 e. The summed E-state index contributed by atoms with van der Waals surface area (Å²) in [6.45, 7) is 1.85. The predicted octanol–water partition coefficient (Wildman–Crippen LogP) is 3.42. The van der Waals surface area contributed by atoms with Gasteiger partial charge >= 0.3 is 0 Å². The first-order valence-electron chi connectivity index (χ1n) is 5.14. The Morgan fingerprint density at radius 3 is 3.06 bits per heavy atom. The molecule has 0 spiro atoms. The van der Waals surface area contributed by atoms with Crippen molar-refractivity contribution in [1.82, 2.24) is 10.2 Å². The van der Waals surface area contributed by atoms with Crippen LogP contribution >= 0.6 is 39.0 Å². The Hall–Kier alpha value is -0.920. The van der Waals surface area contributed by atoms with Crippen molar-refractivity contribution in [1.29, 1.82) is 0 Å². The van der Waals surface area contributed by atoms with Crippen molar-refractivity contribution in [2.45, 2.75) is 16.5 Å². The van der Waals surface area contributed by atoms with Crippen LogP contribution in [0.2, 0.25) is 0 Å². The van der Waals surface area contributed by atoms with E-state index < -0.39 is 0 Å². The van der Waals surface area contributed by atoms with Crippen molar-refractivity contribution in [3.05, 3.63) is 34.2 Å². The topological polar surface area (TPSA) is 54.9 Å². The average Bonchev–Trinajstić information content (AvgIpc) is 2.81. The lowest BCUT2D eigenvalue weighted by Crippen LogP contribution is -2.22. The lowest BCUT2D eigenvalue weighted by atomic mass is 10.3. The van der Waals surface area contributed by atoms with Gasteiger partial charge in [-0.15, -0.1) is 10.2 Å². The second-order valence-electron chi connectivity index (χ2n) is 3.46. The molecule has 1 aromatic carbocycles. The summed E-state index contributed by atoms with van der Waals surface area (Å²) in [5, 5.41) is 10.3. The van der Waals surface area contributed by atoms with Gasteiger partial charge in [-0.05, 0) is 25.1 Å². The van der Waals surface area contributed by atoms with Crippen LogP contribution in [0.4, 0.5) is 5.69 Å². The van der Waals surface area contributed by atoms with Gasteiger partial charge in [0, 0.05) is 10.2 Å². The van der Waals surface area contributed by atoms with Crippen LogP contribution in [0, 0.1) is 0 Å². The molecule has 2 rings (SSSR count). The molecule has 0 saturated heterocycles. The Morgan fingerprint density at radius 1 is 1.56 bits per heavy atom. The Bertz CT molecular complexity index is 533. The number of aromatic nitrogens is 2. The van der Waals surface area contributed by atoms with Gasteiger partial charge in [-0.2, -0.15) is 0 Å². The predicted molar refractivity (Wildman–Crippen MR) is 78.0 cm³/mol. The highest BCUT2D eigenvalue weighted by molar-refractivity contribution is 9.10. The summed E-state index contributed by atoms with van der Waals surface area (Å²) in [6.07, 6.45) is 0. The number of benzene rings is 1. The number of carbonyl (C=O) groups is 1. The zero-order valence-electron chi connectivity index (χ0n) is 9.46. The SMILES string of the molecule is C[C@@H](Sc1nncs1)C(=O)Nc1cccc(Br)c1. The van der Waals surface area contributed by atoms with E-state index in [0.29, 0.717) is 0 Å². The summed E-state index contributed by atoms with van der Waals surface area (Å²) < 4.78 is 1.73. The molecule has 0 saturated carbocycles. The zero-order valence-corrected chi connectivity index (χ0v) is 12.7. The normalized spacial score (nSPS) is 12.1. The van der Waals surface area contributed by atoms with E-state index in [1.54, 1.807) is 5.51 Å². The van der Waals surface area contributed by atoms with Gasteiger partial charge in [0.05, 0.1) is 5.25 Å². The monoisotopic (exact) mass is 343 g/mol. The summed E-state index contributed by atoms with van der Waals surface area (Å²) in [6, 6.07) is 7.50. The number of anilines is 1. The van der Waals surface area contributed by atoms with Crippen LogP contribution in [0.1, 0.15) is 6.92 Å². The highest BCUT2D eigenvalue weighted by Gasteiger charge is 2.16. The molecule has 4 nitrogen and oxygen atoms in total. The van der Waals surface area contributed by atoms with Crippen molar-refractivity contribution >= 4 is 50.6 Å². The van der Waals surface area contributed by atoms with Crippen LogP contribution in [0.15, 0.2) is 38.6 Å². The molecular formula is C11H10BrN3OS2. The highest BCUT2D eigenvalue weighted by atomic mass is 79.9. The summed E-state index contributed by atoms with van der Waals surface area (Å²) in [7, 11) is 0. The van der Waals surface area contributed by atoms with E-state index in [1.807, 2.05) is 31.2 Å². The number of hydrogen-bond donors (Lipinski definition) is 1. The molecular weight excluding hydrogens is 334 g/mol. The van der Waals surface area contributed by atoms with E-state index in [0.717, 1.165) is 14.5 Å². The molecule has 0 bridgehead atoms. The van der Waals surface area contributed by atoms with E-state index in [2.05, 4.69) is 31.4 Å². The third kappa shape index (κ3) is 3.79. The van der Waals surface area contributed by atoms with Gasteiger partial charge in [0.15, 0.2) is 4.34 Å². The third-order valence-electron chi connectivity index (χ3n) is 2.08. The van der Waals surface area contributed by atoms with Crippen LogP contribution < -0.4 is 5.32 Å². The molecule has 0 aliphatic rings. The van der Waals surface area contributed by atoms with Crippen LogP contribution in [0.3, 0.4) is 0 Å². The maximum absolute atomic E-state index is 12.0. The molecule has 0 unspecified atom stereocenters. The van der Waals surface area contributed by atoms with Crippen LogP contribution in [-0.4, -0.2) is 21.4 Å². The summed E-state index contributed by atoms with van der Waals surface area (Å²) in [5.74, 6) is -0.0479. The van der Waals surface area contributed by atoms with Crippen molar-refractivity contribution < 1.29 is 4.79 Å². The van der Waals surface area contributed by atoms with Crippen molar-refractivity contribution in [2.75, 3.05) is 5.32 Å². The molecule has 2 aromatic rings. The lowest BCUT2D eigenvalue weighted by Gasteiger charge is -2.10. The summed E-state index contributed by atoms with van der Waals surface area (Å²) in [5.41, 5.74) is 2.43. The molecule has 1 aromatic heterocycles. The number of thioether (sulfide) groups is 1. The molecule has 1 N–H and O–H groups in total. The summed E-state index contributed by atoms with van der Waals surface area (Å²) >= 11 is 6.20. The number of nitrogens with zero attached hydrogens (tertiary/aromatic N) is 2. The van der Waals surface area contributed by atoms with Crippen molar-refractivity contribution in [3.63, 3.8) is 0 Å². The maximum atomic E-state index is 12.0. The minimum absolute atomic E-state index is 0.0479. The molecule has 0 radical (unpaired) electrons. The second-order valence-corrected chi connectivity index (χ2v) is 6.80. The number of nitrogens with one attached hydrogen (secondary N) is 1. The first-order chi connectivity index (χ1) is 8.65. The van der Waals surface area contributed by atoms with Crippen molar-refractivity contribution in [2.24, 2.45) is 0 Å². The molecule has 1 atom stereocenters. The highest BCUT2D eigenvalue weighted by Crippen LogP contribution is 2.25. The van der Waals surface area contributed by atoms with Crippen molar-refractivity contribution in [3.8, 4) is 0 Å². The fraction of sp³-hybridized carbons (Fsp3) is 0.182. The number of amides is 1. The lowest BCUT2D eigenvalue weighted by molar-refractivity contribution is -0.115. The standard InChI is InChI=1S/C11H10BrN3OS2/c1-7(18-11-15-13-6-17-11)10(16)14-9-4-2-3-8(12)5-9/h2-7H,1H3,(H,14,16)/t7-/m1/s1. The number of halogens is 1. The summed E-state index contributed by atoms with van der Waals surface area (Å²) in [4.78, 5) is 12.0. The number of hydrogen-bond acceptors (Lipinski definition) is 5. The van der Waals surface area contributed by atoms with Gasteiger partial charge in [-0.1, -0.05) is 45.1 Å². The average molecular weight is 344 g/mol. The molecule has 0 fully saturated rings. The number of carbonyl (C=O) groups excluding carboxylic acids is 1. The van der Waals surface area contributed by atoms with E-state index in [1.165, 1.54) is 23.1 Å².